The quantitative estimate of drug-likeness (QED) is 0.828. The molecule has 22 heavy (non-hydrogen) atoms. The second-order valence-electron chi connectivity index (χ2n) is 4.39. The lowest BCUT2D eigenvalue weighted by atomic mass is 10.2. The maximum Gasteiger partial charge on any atom is 0.328 e. The minimum absolute atomic E-state index is 0.105. The summed E-state index contributed by atoms with van der Waals surface area (Å²) in [5.74, 6) is -0.898. The molecule has 0 fully saturated rings. The average Bonchev–Trinajstić information content (AvgIpc) is 2.95. The van der Waals surface area contributed by atoms with Crippen LogP contribution in [-0.2, 0) is 9.59 Å². The summed E-state index contributed by atoms with van der Waals surface area (Å²) >= 11 is 1.27. The molecule has 1 amide bonds. The maximum absolute atomic E-state index is 11.8. The third-order valence-corrected chi connectivity index (χ3v) is 3.57. The molecule has 2 N–H and O–H groups in total. The van der Waals surface area contributed by atoms with Crippen LogP contribution in [-0.4, -0.2) is 29.1 Å². The lowest BCUT2D eigenvalue weighted by molar-refractivity contribution is -0.131. The Morgan fingerprint density at radius 1 is 1.32 bits per heavy atom. The molecule has 0 aliphatic carbocycles. The highest BCUT2D eigenvalue weighted by Gasteiger charge is 2.10. The molecule has 2 rings (SSSR count). The summed E-state index contributed by atoms with van der Waals surface area (Å²) in [5.41, 5.74) is 1.73. The zero-order chi connectivity index (χ0) is 16.1. The van der Waals surface area contributed by atoms with Gasteiger partial charge in [-0.05, 0) is 31.2 Å². The van der Waals surface area contributed by atoms with E-state index < -0.39 is 11.9 Å². The molecule has 0 spiro atoms. The predicted molar refractivity (Wildman–Crippen MR) is 84.1 cm³/mol. The molecule has 2 aromatic rings. The number of carbonyl (C=O) groups excluding carboxylic acids is 1. The lowest BCUT2D eigenvalue weighted by Gasteiger charge is -2.01. The number of methoxy groups -OCH3 is 1. The van der Waals surface area contributed by atoms with E-state index in [1.165, 1.54) is 18.3 Å². The van der Waals surface area contributed by atoms with Crippen LogP contribution in [0, 0.1) is 0 Å². The summed E-state index contributed by atoms with van der Waals surface area (Å²) in [6.45, 7) is 1.43. The largest absolute Gasteiger partial charge is 0.497 e. The molecule has 6 nitrogen and oxygen atoms in total. The summed E-state index contributed by atoms with van der Waals surface area (Å²) in [7, 11) is 1.60. The number of aliphatic carboxylic acids is 1. The lowest BCUT2D eigenvalue weighted by Crippen LogP contribution is -2.13. The van der Waals surface area contributed by atoms with Gasteiger partial charge in [-0.15, -0.1) is 11.3 Å². The minimum atomic E-state index is -1.16. The number of carboxylic acids is 1. The third kappa shape index (κ3) is 3.92. The number of benzene rings is 1. The molecule has 0 aliphatic rings. The van der Waals surface area contributed by atoms with Gasteiger partial charge in [0.15, 0.2) is 5.13 Å². The fraction of sp³-hybridized carbons (Fsp3) is 0.133. The number of aromatic nitrogens is 1. The van der Waals surface area contributed by atoms with Gasteiger partial charge in [-0.25, -0.2) is 9.78 Å². The first-order valence-electron chi connectivity index (χ1n) is 6.32. The van der Waals surface area contributed by atoms with Crippen LogP contribution in [0.15, 0.2) is 41.3 Å². The van der Waals surface area contributed by atoms with E-state index in [1.807, 2.05) is 29.6 Å². The van der Waals surface area contributed by atoms with Crippen molar-refractivity contribution in [3.8, 4) is 17.0 Å². The average molecular weight is 318 g/mol. The molecule has 1 aromatic carbocycles. The highest BCUT2D eigenvalue weighted by molar-refractivity contribution is 7.14. The Bertz CT molecular complexity index is 719. The van der Waals surface area contributed by atoms with Crippen molar-refractivity contribution in [2.75, 3.05) is 12.4 Å². The fourth-order valence-corrected chi connectivity index (χ4v) is 2.39. The molecule has 0 aliphatic heterocycles. The second-order valence-corrected chi connectivity index (χ2v) is 5.24. The second kappa shape index (κ2) is 6.86. The number of hydrogen-bond donors (Lipinski definition) is 2. The number of ether oxygens (including phenoxy) is 1. The topological polar surface area (TPSA) is 88.5 Å². The van der Waals surface area contributed by atoms with Crippen LogP contribution in [0.4, 0.5) is 5.13 Å². The van der Waals surface area contributed by atoms with Gasteiger partial charge in [0, 0.05) is 22.6 Å². The molecule has 114 valence electrons. The van der Waals surface area contributed by atoms with Gasteiger partial charge in [-0.1, -0.05) is 0 Å². The molecular weight excluding hydrogens is 304 g/mol. The monoisotopic (exact) mass is 318 g/mol. The number of anilines is 1. The molecule has 0 unspecified atom stereocenters. The standard InChI is InChI=1S/C15H14N2O4S/c1-9(7-13(18)19)14(20)17-15-16-12(8-22-15)10-3-5-11(21-2)6-4-10/h3-8H,1-2H3,(H,18,19)(H,16,17,20)/b9-7-. The Hall–Kier alpha value is -2.67. The number of hydrogen-bond acceptors (Lipinski definition) is 5. The van der Waals surface area contributed by atoms with Crippen molar-refractivity contribution in [3.63, 3.8) is 0 Å². The number of carboxylic acid groups (broad SMARTS) is 1. The van der Waals surface area contributed by atoms with Gasteiger partial charge < -0.3 is 9.84 Å². The van der Waals surface area contributed by atoms with Gasteiger partial charge in [0.1, 0.15) is 5.75 Å². The highest BCUT2D eigenvalue weighted by atomic mass is 32.1. The van der Waals surface area contributed by atoms with Crippen LogP contribution in [0.25, 0.3) is 11.3 Å². The van der Waals surface area contributed by atoms with Crippen LogP contribution in [0.1, 0.15) is 6.92 Å². The first-order valence-corrected chi connectivity index (χ1v) is 7.20. The van der Waals surface area contributed by atoms with E-state index >= 15 is 0 Å². The van der Waals surface area contributed by atoms with E-state index in [1.54, 1.807) is 7.11 Å². The van der Waals surface area contributed by atoms with Crippen LogP contribution in [0.3, 0.4) is 0 Å². The number of thiazole rings is 1. The van der Waals surface area contributed by atoms with E-state index in [2.05, 4.69) is 10.3 Å². The summed E-state index contributed by atoms with van der Waals surface area (Å²) < 4.78 is 5.09. The number of amides is 1. The van der Waals surface area contributed by atoms with Gasteiger partial charge >= 0.3 is 5.97 Å². The van der Waals surface area contributed by atoms with Crippen molar-refractivity contribution < 1.29 is 19.4 Å². The van der Waals surface area contributed by atoms with Gasteiger partial charge in [0.05, 0.1) is 12.8 Å². The smallest absolute Gasteiger partial charge is 0.328 e. The Labute approximate surface area is 131 Å². The first kappa shape index (κ1) is 15.7. The summed E-state index contributed by atoms with van der Waals surface area (Å²) in [6, 6.07) is 7.39. The normalized spacial score (nSPS) is 11.1. The Kier molecular flexibility index (Phi) is 4.90. The molecule has 7 heteroatoms. The van der Waals surface area contributed by atoms with Crippen LogP contribution in [0.2, 0.25) is 0 Å². The van der Waals surface area contributed by atoms with Crippen molar-refractivity contribution in [1.29, 1.82) is 0 Å². The third-order valence-electron chi connectivity index (χ3n) is 2.81. The zero-order valence-electron chi connectivity index (χ0n) is 12.0. The van der Waals surface area contributed by atoms with Crippen molar-refractivity contribution in [2.45, 2.75) is 6.92 Å². The van der Waals surface area contributed by atoms with Gasteiger partial charge in [0.2, 0.25) is 0 Å². The van der Waals surface area contributed by atoms with Crippen molar-refractivity contribution in [1.82, 2.24) is 4.98 Å². The van der Waals surface area contributed by atoms with Crippen molar-refractivity contribution >= 4 is 28.3 Å². The Morgan fingerprint density at radius 3 is 2.59 bits per heavy atom. The molecular formula is C15H14N2O4S. The van der Waals surface area contributed by atoms with Crippen molar-refractivity contribution in [2.24, 2.45) is 0 Å². The SMILES string of the molecule is COc1ccc(-c2csc(NC(=O)/C(C)=C\C(=O)O)n2)cc1. The molecule has 1 aromatic heterocycles. The number of nitrogens with zero attached hydrogens (tertiary/aromatic N) is 1. The zero-order valence-corrected chi connectivity index (χ0v) is 12.8. The fourth-order valence-electron chi connectivity index (χ4n) is 1.67. The summed E-state index contributed by atoms with van der Waals surface area (Å²) in [6.07, 6.45) is 0.854. The molecule has 0 saturated heterocycles. The Morgan fingerprint density at radius 2 is 2.00 bits per heavy atom. The van der Waals surface area contributed by atoms with Crippen LogP contribution < -0.4 is 10.1 Å². The maximum atomic E-state index is 11.8. The van der Waals surface area contributed by atoms with Gasteiger partial charge in [-0.2, -0.15) is 0 Å². The Balaban J connectivity index is 2.11. The van der Waals surface area contributed by atoms with E-state index in [9.17, 15) is 9.59 Å². The van der Waals surface area contributed by atoms with Crippen LogP contribution in [0.5, 0.6) is 5.75 Å². The molecule has 0 bridgehead atoms. The molecule has 0 atom stereocenters. The highest BCUT2D eigenvalue weighted by Crippen LogP contribution is 2.26. The first-order chi connectivity index (χ1) is 10.5. The predicted octanol–water partition coefficient (Wildman–Crippen LogP) is 2.79. The van der Waals surface area contributed by atoms with Crippen molar-refractivity contribution in [3.05, 3.63) is 41.3 Å². The van der Waals surface area contributed by atoms with E-state index in [-0.39, 0.29) is 5.57 Å². The molecule has 0 saturated carbocycles. The van der Waals surface area contributed by atoms with E-state index in [0.29, 0.717) is 5.13 Å². The van der Waals surface area contributed by atoms with Crippen LogP contribution >= 0.6 is 11.3 Å². The van der Waals surface area contributed by atoms with E-state index in [0.717, 1.165) is 23.1 Å². The number of rotatable bonds is 5. The summed E-state index contributed by atoms with van der Waals surface area (Å²) in [5, 5.41) is 13.4. The minimum Gasteiger partial charge on any atom is -0.497 e. The van der Waals surface area contributed by atoms with Gasteiger partial charge in [-0.3, -0.25) is 10.1 Å². The number of nitrogens with one attached hydrogen (secondary N) is 1. The number of carbonyl (C=O) groups is 2. The summed E-state index contributed by atoms with van der Waals surface area (Å²) in [4.78, 5) is 26.6. The molecule has 0 radical (unpaired) electrons. The molecule has 1 heterocycles. The van der Waals surface area contributed by atoms with Gasteiger partial charge in [0.25, 0.3) is 5.91 Å². The van der Waals surface area contributed by atoms with E-state index in [4.69, 9.17) is 9.84 Å².